The molecule has 0 aliphatic carbocycles. The second-order valence-corrected chi connectivity index (χ2v) is 7.57. The largest absolute Gasteiger partial charge is 0.497 e. The van der Waals surface area contributed by atoms with Crippen molar-refractivity contribution in [1.29, 1.82) is 0 Å². The number of sulfonamides is 1. The molecule has 0 saturated heterocycles. The predicted octanol–water partition coefficient (Wildman–Crippen LogP) is 2.28. The van der Waals surface area contributed by atoms with E-state index in [2.05, 4.69) is 14.8 Å². The molecule has 0 radical (unpaired) electrons. The van der Waals surface area contributed by atoms with Gasteiger partial charge in [0.2, 0.25) is 10.0 Å². The second-order valence-electron chi connectivity index (χ2n) is 5.84. The zero-order valence-corrected chi connectivity index (χ0v) is 15.6. The number of aromatic nitrogens is 3. The maximum absolute atomic E-state index is 12.6. The Morgan fingerprint density at radius 3 is 2.54 bits per heavy atom. The lowest BCUT2D eigenvalue weighted by molar-refractivity contribution is 0.414. The number of hydrogen-bond acceptors (Lipinski definition) is 5. The molecule has 3 rings (SSSR count). The van der Waals surface area contributed by atoms with Crippen LogP contribution in [0.15, 0.2) is 53.7 Å². The maximum atomic E-state index is 12.6. The van der Waals surface area contributed by atoms with Crippen molar-refractivity contribution in [2.75, 3.05) is 7.11 Å². The van der Waals surface area contributed by atoms with Crippen LogP contribution < -0.4 is 9.46 Å². The molecule has 0 bridgehead atoms. The molecular formula is C18H20N4O3S. The zero-order chi connectivity index (χ0) is 18.7. The van der Waals surface area contributed by atoms with Crippen LogP contribution in [0.5, 0.6) is 5.75 Å². The fourth-order valence-electron chi connectivity index (χ4n) is 2.70. The van der Waals surface area contributed by atoms with Gasteiger partial charge in [-0.05, 0) is 48.9 Å². The minimum absolute atomic E-state index is 0.104. The van der Waals surface area contributed by atoms with Crippen LogP contribution in [0.3, 0.4) is 0 Å². The van der Waals surface area contributed by atoms with Crippen molar-refractivity contribution < 1.29 is 13.2 Å². The predicted molar refractivity (Wildman–Crippen MR) is 98.2 cm³/mol. The van der Waals surface area contributed by atoms with Gasteiger partial charge < -0.3 is 4.74 Å². The molecule has 7 nitrogen and oxygen atoms in total. The number of ether oxygens (including phenoxy) is 1. The van der Waals surface area contributed by atoms with Crippen LogP contribution in [-0.2, 0) is 23.6 Å². The molecule has 0 aliphatic heterocycles. The molecule has 0 saturated carbocycles. The summed E-state index contributed by atoms with van der Waals surface area (Å²) in [7, 11) is -0.282. The number of hydrogen-bond donors (Lipinski definition) is 1. The molecule has 3 aromatic rings. The van der Waals surface area contributed by atoms with Crippen LogP contribution in [0.25, 0.3) is 11.3 Å². The van der Waals surface area contributed by atoms with Crippen LogP contribution in [0, 0.1) is 6.92 Å². The molecule has 0 aliphatic rings. The number of methoxy groups -OCH3 is 1. The number of nitrogens with one attached hydrogen (secondary N) is 1. The van der Waals surface area contributed by atoms with Crippen molar-refractivity contribution in [3.8, 4) is 17.0 Å². The van der Waals surface area contributed by atoms with Crippen LogP contribution in [-0.4, -0.2) is 30.3 Å². The van der Waals surface area contributed by atoms with E-state index in [1.165, 1.54) is 6.07 Å². The fraction of sp³-hybridized carbons (Fsp3) is 0.222. The van der Waals surface area contributed by atoms with E-state index in [1.807, 2.05) is 25.2 Å². The summed E-state index contributed by atoms with van der Waals surface area (Å²) in [5.74, 6) is 0.619. The van der Waals surface area contributed by atoms with Gasteiger partial charge in [-0.25, -0.2) is 13.1 Å². The molecule has 2 aromatic heterocycles. The molecule has 136 valence electrons. The lowest BCUT2D eigenvalue weighted by Crippen LogP contribution is -2.24. The Morgan fingerprint density at radius 2 is 1.88 bits per heavy atom. The average Bonchev–Trinajstić information content (AvgIpc) is 3.01. The molecule has 0 atom stereocenters. The standard InChI is InChI=1S/C18H20N4O3S/c1-13-10-16(25-3)4-5-18(13)26(23,24)20-12-15-11-17(22(2)21-15)14-6-8-19-9-7-14/h4-11,20H,12H2,1-3H3. The van der Waals surface area contributed by atoms with Gasteiger partial charge in [-0.3, -0.25) is 9.67 Å². The SMILES string of the molecule is COc1ccc(S(=O)(=O)NCc2cc(-c3ccncc3)n(C)n2)c(C)c1. The lowest BCUT2D eigenvalue weighted by Gasteiger charge is -2.09. The summed E-state index contributed by atoms with van der Waals surface area (Å²) in [6.45, 7) is 1.84. The van der Waals surface area contributed by atoms with Crippen LogP contribution in [0.4, 0.5) is 0 Å². The summed E-state index contributed by atoms with van der Waals surface area (Å²) < 4.78 is 34.6. The minimum atomic E-state index is -3.65. The highest BCUT2D eigenvalue weighted by atomic mass is 32.2. The van der Waals surface area contributed by atoms with Crippen molar-refractivity contribution in [2.45, 2.75) is 18.4 Å². The molecule has 0 spiro atoms. The van der Waals surface area contributed by atoms with Crippen LogP contribution in [0.1, 0.15) is 11.3 Å². The highest BCUT2D eigenvalue weighted by Crippen LogP contribution is 2.22. The third-order valence-electron chi connectivity index (χ3n) is 4.02. The monoisotopic (exact) mass is 372 g/mol. The Hall–Kier alpha value is -2.71. The summed E-state index contributed by atoms with van der Waals surface area (Å²) in [6, 6.07) is 10.5. The first-order valence-electron chi connectivity index (χ1n) is 7.98. The van der Waals surface area contributed by atoms with E-state index in [9.17, 15) is 8.42 Å². The van der Waals surface area contributed by atoms with E-state index >= 15 is 0 Å². The lowest BCUT2D eigenvalue weighted by atomic mass is 10.2. The quantitative estimate of drug-likeness (QED) is 0.717. The highest BCUT2D eigenvalue weighted by Gasteiger charge is 2.18. The Labute approximate surface area is 152 Å². The van der Waals surface area contributed by atoms with E-state index in [4.69, 9.17) is 4.74 Å². The van der Waals surface area contributed by atoms with Gasteiger partial charge in [-0.15, -0.1) is 0 Å². The number of rotatable bonds is 6. The van der Waals surface area contributed by atoms with E-state index in [-0.39, 0.29) is 11.4 Å². The maximum Gasteiger partial charge on any atom is 0.241 e. The van der Waals surface area contributed by atoms with Gasteiger partial charge in [0.05, 0.1) is 29.9 Å². The molecule has 2 heterocycles. The van der Waals surface area contributed by atoms with Gasteiger partial charge in [0.15, 0.2) is 0 Å². The number of aryl methyl sites for hydroxylation is 2. The topological polar surface area (TPSA) is 86.1 Å². The van der Waals surface area contributed by atoms with Crippen molar-refractivity contribution in [3.05, 3.63) is 60.0 Å². The number of nitrogens with zero attached hydrogens (tertiary/aromatic N) is 3. The Kier molecular flexibility index (Phi) is 5.06. The molecule has 1 N–H and O–H groups in total. The smallest absolute Gasteiger partial charge is 0.241 e. The summed E-state index contributed by atoms with van der Waals surface area (Å²) in [4.78, 5) is 4.23. The van der Waals surface area contributed by atoms with Crippen molar-refractivity contribution in [2.24, 2.45) is 7.05 Å². The van der Waals surface area contributed by atoms with E-state index in [1.54, 1.807) is 43.2 Å². The molecule has 26 heavy (non-hydrogen) atoms. The third kappa shape index (κ3) is 3.76. The van der Waals surface area contributed by atoms with Gasteiger partial charge in [0, 0.05) is 25.0 Å². The Balaban J connectivity index is 1.79. The molecule has 0 fully saturated rings. The van der Waals surface area contributed by atoms with Gasteiger partial charge in [-0.1, -0.05) is 0 Å². The second kappa shape index (κ2) is 7.27. The summed E-state index contributed by atoms with van der Waals surface area (Å²) in [6.07, 6.45) is 3.41. The number of pyridine rings is 1. The van der Waals surface area contributed by atoms with E-state index < -0.39 is 10.0 Å². The Bertz CT molecular complexity index is 1010. The Morgan fingerprint density at radius 1 is 1.15 bits per heavy atom. The zero-order valence-electron chi connectivity index (χ0n) is 14.8. The van der Waals surface area contributed by atoms with E-state index in [0.29, 0.717) is 17.0 Å². The summed E-state index contributed by atoms with van der Waals surface area (Å²) in [5, 5.41) is 4.38. The van der Waals surface area contributed by atoms with Gasteiger partial charge in [-0.2, -0.15) is 5.10 Å². The number of benzene rings is 1. The molecule has 1 aromatic carbocycles. The van der Waals surface area contributed by atoms with E-state index in [0.717, 1.165) is 11.3 Å². The van der Waals surface area contributed by atoms with Crippen LogP contribution >= 0.6 is 0 Å². The molecule has 0 amide bonds. The van der Waals surface area contributed by atoms with Gasteiger partial charge in [0.25, 0.3) is 0 Å². The summed E-state index contributed by atoms with van der Waals surface area (Å²) in [5.41, 5.74) is 3.11. The molecular weight excluding hydrogens is 352 g/mol. The average molecular weight is 372 g/mol. The van der Waals surface area contributed by atoms with Crippen molar-refractivity contribution in [3.63, 3.8) is 0 Å². The first-order valence-corrected chi connectivity index (χ1v) is 9.46. The third-order valence-corrected chi connectivity index (χ3v) is 5.58. The van der Waals surface area contributed by atoms with Crippen molar-refractivity contribution >= 4 is 10.0 Å². The first kappa shape index (κ1) is 18.1. The molecule has 0 unspecified atom stereocenters. The van der Waals surface area contributed by atoms with Gasteiger partial charge >= 0.3 is 0 Å². The molecule has 8 heteroatoms. The fourth-order valence-corrected chi connectivity index (χ4v) is 3.93. The normalized spacial score (nSPS) is 11.5. The first-order chi connectivity index (χ1) is 12.4. The van der Waals surface area contributed by atoms with Crippen molar-refractivity contribution in [1.82, 2.24) is 19.5 Å². The van der Waals surface area contributed by atoms with Crippen LogP contribution in [0.2, 0.25) is 0 Å². The highest BCUT2D eigenvalue weighted by molar-refractivity contribution is 7.89. The summed E-state index contributed by atoms with van der Waals surface area (Å²) >= 11 is 0. The minimum Gasteiger partial charge on any atom is -0.497 e. The van der Waals surface area contributed by atoms with Gasteiger partial charge in [0.1, 0.15) is 5.75 Å².